The number of aromatic nitrogens is 3. The smallest absolute Gasteiger partial charge is 0.255 e. The second kappa shape index (κ2) is 10.5. The van der Waals surface area contributed by atoms with Crippen molar-refractivity contribution in [2.24, 2.45) is 7.05 Å². The van der Waals surface area contributed by atoms with Crippen molar-refractivity contribution < 1.29 is 9.13 Å². The second-order valence-corrected chi connectivity index (χ2v) is 9.46. The van der Waals surface area contributed by atoms with Crippen LogP contribution in [0.25, 0.3) is 22.4 Å². The lowest BCUT2D eigenvalue weighted by Crippen LogP contribution is -2.47. The van der Waals surface area contributed by atoms with Gasteiger partial charge in [-0.25, -0.2) is 9.37 Å². The van der Waals surface area contributed by atoms with E-state index >= 15 is 0 Å². The van der Waals surface area contributed by atoms with Crippen molar-refractivity contribution >= 4 is 5.95 Å². The van der Waals surface area contributed by atoms with Gasteiger partial charge in [0.1, 0.15) is 5.75 Å². The number of anilines is 1. The van der Waals surface area contributed by atoms with Gasteiger partial charge >= 0.3 is 0 Å². The third-order valence-electron chi connectivity index (χ3n) is 6.49. The van der Waals surface area contributed by atoms with Gasteiger partial charge in [0, 0.05) is 50.6 Å². The second-order valence-electron chi connectivity index (χ2n) is 9.46. The molecule has 1 atom stereocenters. The zero-order valence-electron chi connectivity index (χ0n) is 21.2. The summed E-state index contributed by atoms with van der Waals surface area (Å²) in [6.07, 6.45) is 2.77. The number of nitrogens with zero attached hydrogens (tertiary/aromatic N) is 4. The summed E-state index contributed by atoms with van der Waals surface area (Å²) in [5.74, 6) is 0.876. The molecule has 0 unspecified atom stereocenters. The maximum atomic E-state index is 14.3. The van der Waals surface area contributed by atoms with Crippen LogP contribution in [0.4, 0.5) is 10.3 Å². The van der Waals surface area contributed by atoms with E-state index in [1.807, 2.05) is 26.0 Å². The van der Waals surface area contributed by atoms with Gasteiger partial charge in [0.2, 0.25) is 5.95 Å². The highest BCUT2D eigenvalue weighted by atomic mass is 19.1. The highest BCUT2D eigenvalue weighted by Crippen LogP contribution is 2.27. The first-order valence-corrected chi connectivity index (χ1v) is 12.4. The summed E-state index contributed by atoms with van der Waals surface area (Å²) in [5, 5.41) is 3.57. The molecular weight excluding hydrogens is 469 g/mol. The largest absolute Gasteiger partial charge is 0.491 e. The predicted octanol–water partition coefficient (Wildman–Crippen LogP) is 4.59. The minimum Gasteiger partial charge on any atom is -0.491 e. The summed E-state index contributed by atoms with van der Waals surface area (Å²) in [5.41, 5.74) is 3.74. The van der Waals surface area contributed by atoms with Gasteiger partial charge in [-0.1, -0.05) is 36.4 Å². The fraction of sp³-hybridized carbons (Fsp3) is 0.276. The van der Waals surface area contributed by atoms with Crippen molar-refractivity contribution in [1.29, 1.82) is 0 Å². The minimum absolute atomic E-state index is 0.0582. The van der Waals surface area contributed by atoms with Crippen LogP contribution in [0.1, 0.15) is 25.5 Å². The molecule has 1 fully saturated rings. The number of piperazine rings is 1. The number of nitrogens with one attached hydrogen (secondary N) is 1. The Bertz CT molecular complexity index is 1430. The topological polar surface area (TPSA) is 72.3 Å². The summed E-state index contributed by atoms with van der Waals surface area (Å²) in [4.78, 5) is 23.3. The quantitative estimate of drug-likeness (QED) is 0.419. The minimum atomic E-state index is -0.505. The number of rotatable bonds is 6. The molecule has 1 aliphatic rings. The molecule has 4 aromatic rings. The van der Waals surface area contributed by atoms with Gasteiger partial charge in [0.15, 0.2) is 5.82 Å². The number of halogens is 1. The lowest BCUT2D eigenvalue weighted by molar-refractivity contribution is 0.242. The van der Waals surface area contributed by atoms with E-state index < -0.39 is 5.82 Å². The SMILES string of the molecule is CC(C)Oc1ccc(-c2ccc([C@H]3CN(c4nc(-c5ccncc5F)cc(=O)n4C)CCN3)cc2)cc1. The lowest BCUT2D eigenvalue weighted by Gasteiger charge is -2.35. The standard InChI is InChI=1S/C29H30FN5O2/c1-19(2)37-23-10-8-21(9-11-23)20-4-6-22(7-5-20)27-18-35(15-14-32-27)29-33-26(16-28(36)34(29)3)24-12-13-31-17-25(24)30/h4-13,16-17,19,27,32H,14-15,18H2,1-3H3/t27-/m1/s1. The van der Waals surface area contributed by atoms with Gasteiger partial charge in [-0.05, 0) is 48.7 Å². The zero-order valence-corrected chi connectivity index (χ0v) is 21.2. The Morgan fingerprint density at radius 3 is 2.43 bits per heavy atom. The van der Waals surface area contributed by atoms with E-state index in [9.17, 15) is 9.18 Å². The van der Waals surface area contributed by atoms with Crippen LogP contribution in [0.15, 0.2) is 77.9 Å². The first-order chi connectivity index (χ1) is 17.9. The number of pyridine rings is 1. The van der Waals surface area contributed by atoms with Crippen LogP contribution in [-0.2, 0) is 7.05 Å². The Labute approximate surface area is 215 Å². The van der Waals surface area contributed by atoms with E-state index in [0.717, 1.165) is 35.2 Å². The summed E-state index contributed by atoms with van der Waals surface area (Å²) >= 11 is 0. The molecule has 1 N–H and O–H groups in total. The Morgan fingerprint density at radius 1 is 1.05 bits per heavy atom. The molecule has 190 valence electrons. The maximum Gasteiger partial charge on any atom is 0.255 e. The molecular formula is C29H30FN5O2. The van der Waals surface area contributed by atoms with E-state index in [0.29, 0.717) is 24.7 Å². The summed E-state index contributed by atoms with van der Waals surface area (Å²) in [6.45, 7) is 6.07. The molecule has 37 heavy (non-hydrogen) atoms. The van der Waals surface area contributed by atoms with E-state index in [1.54, 1.807) is 7.05 Å². The Hall–Kier alpha value is -4.04. The molecule has 0 amide bonds. The lowest BCUT2D eigenvalue weighted by atomic mass is 9.99. The van der Waals surface area contributed by atoms with E-state index in [2.05, 4.69) is 56.6 Å². The number of hydrogen-bond acceptors (Lipinski definition) is 6. The molecule has 2 aromatic carbocycles. The van der Waals surface area contributed by atoms with E-state index in [-0.39, 0.29) is 23.3 Å². The highest BCUT2D eigenvalue weighted by Gasteiger charge is 2.24. The van der Waals surface area contributed by atoms with Crippen LogP contribution in [0.2, 0.25) is 0 Å². The molecule has 3 heterocycles. The molecule has 0 radical (unpaired) electrons. The Kier molecular flexibility index (Phi) is 7.01. The van der Waals surface area contributed by atoms with Crippen LogP contribution in [0.5, 0.6) is 5.75 Å². The average Bonchev–Trinajstić information content (AvgIpc) is 2.91. The molecule has 0 aliphatic carbocycles. The predicted molar refractivity (Wildman–Crippen MR) is 143 cm³/mol. The number of ether oxygens (including phenoxy) is 1. The van der Waals surface area contributed by atoms with Gasteiger partial charge in [0.05, 0.1) is 18.0 Å². The fourth-order valence-electron chi connectivity index (χ4n) is 4.59. The number of hydrogen-bond donors (Lipinski definition) is 1. The van der Waals surface area contributed by atoms with Gasteiger partial charge < -0.3 is 15.0 Å². The Morgan fingerprint density at radius 2 is 1.76 bits per heavy atom. The van der Waals surface area contributed by atoms with Crippen LogP contribution < -0.4 is 20.5 Å². The van der Waals surface area contributed by atoms with Gasteiger partial charge in [-0.3, -0.25) is 14.3 Å². The molecule has 7 nitrogen and oxygen atoms in total. The summed E-state index contributed by atoms with van der Waals surface area (Å²) in [7, 11) is 1.70. The summed E-state index contributed by atoms with van der Waals surface area (Å²) < 4.78 is 21.6. The molecule has 1 saturated heterocycles. The van der Waals surface area contributed by atoms with Gasteiger partial charge in [-0.15, -0.1) is 0 Å². The normalized spacial score (nSPS) is 15.7. The monoisotopic (exact) mass is 499 g/mol. The molecule has 1 aliphatic heterocycles. The molecule has 8 heteroatoms. The zero-order chi connectivity index (χ0) is 25.9. The maximum absolute atomic E-state index is 14.3. The van der Waals surface area contributed by atoms with Crippen molar-refractivity contribution in [2.75, 3.05) is 24.5 Å². The van der Waals surface area contributed by atoms with Crippen LogP contribution >= 0.6 is 0 Å². The first kappa shape index (κ1) is 24.6. The van der Waals surface area contributed by atoms with Gasteiger partial charge in [-0.2, -0.15) is 0 Å². The highest BCUT2D eigenvalue weighted by molar-refractivity contribution is 5.65. The van der Waals surface area contributed by atoms with Crippen molar-refractivity contribution in [2.45, 2.75) is 26.0 Å². The van der Waals surface area contributed by atoms with Gasteiger partial charge in [0.25, 0.3) is 5.56 Å². The molecule has 0 spiro atoms. The number of benzene rings is 2. The molecule has 0 saturated carbocycles. The first-order valence-electron chi connectivity index (χ1n) is 12.4. The molecule has 0 bridgehead atoms. The molecule has 2 aromatic heterocycles. The third kappa shape index (κ3) is 5.39. The van der Waals surface area contributed by atoms with Crippen LogP contribution in [0.3, 0.4) is 0 Å². The van der Waals surface area contributed by atoms with E-state index in [4.69, 9.17) is 4.74 Å². The summed E-state index contributed by atoms with van der Waals surface area (Å²) in [6, 6.07) is 19.6. The molecule has 5 rings (SSSR count). The Balaban J connectivity index is 1.36. The van der Waals surface area contributed by atoms with Crippen molar-refractivity contribution in [3.8, 4) is 28.1 Å². The average molecular weight is 500 g/mol. The van der Waals surface area contributed by atoms with E-state index in [1.165, 1.54) is 22.9 Å². The van der Waals surface area contributed by atoms with Crippen LogP contribution in [-0.4, -0.2) is 40.3 Å². The van der Waals surface area contributed by atoms with Crippen molar-refractivity contribution in [3.63, 3.8) is 0 Å². The third-order valence-corrected chi connectivity index (χ3v) is 6.49. The van der Waals surface area contributed by atoms with Crippen molar-refractivity contribution in [3.05, 3.63) is 94.8 Å². The fourth-order valence-corrected chi connectivity index (χ4v) is 4.59. The van der Waals surface area contributed by atoms with Crippen LogP contribution in [0, 0.1) is 5.82 Å². The van der Waals surface area contributed by atoms with Crippen molar-refractivity contribution in [1.82, 2.24) is 19.9 Å².